The minimum absolute atomic E-state index is 0.323. The normalized spacial score (nSPS) is 18.2. The molecule has 1 saturated heterocycles. The Labute approximate surface area is 98.3 Å². The molecule has 0 aliphatic carbocycles. The molecule has 1 fully saturated rings. The second-order valence-electron chi connectivity index (χ2n) is 5.14. The van der Waals surface area contributed by atoms with E-state index in [9.17, 15) is 4.79 Å². The van der Waals surface area contributed by atoms with Crippen molar-refractivity contribution in [3.05, 3.63) is 6.42 Å². The topological polar surface area (TPSA) is 41.6 Å². The van der Waals surface area contributed by atoms with Crippen LogP contribution in [0.2, 0.25) is 0 Å². The van der Waals surface area contributed by atoms with Gasteiger partial charge in [0, 0.05) is 13.1 Å². The number of carbonyl (C=O) groups excluding carboxylic acids is 1. The number of piperidine rings is 1. The van der Waals surface area contributed by atoms with Crippen LogP contribution in [-0.4, -0.2) is 42.8 Å². The third-order valence-electron chi connectivity index (χ3n) is 2.40. The molecule has 4 heteroatoms. The summed E-state index contributed by atoms with van der Waals surface area (Å²) in [5.74, 6) is 0. The minimum Gasteiger partial charge on any atom is -0.444 e. The number of nitrogens with one attached hydrogen (secondary N) is 1. The molecule has 0 aromatic carbocycles. The first-order valence-electron chi connectivity index (χ1n) is 5.98. The quantitative estimate of drug-likeness (QED) is 0.799. The van der Waals surface area contributed by atoms with E-state index in [-0.39, 0.29) is 6.09 Å². The Hall–Kier alpha value is -0.770. The van der Waals surface area contributed by atoms with Gasteiger partial charge in [0.1, 0.15) is 5.60 Å². The smallest absolute Gasteiger partial charge is 0.407 e. The molecule has 0 spiro atoms. The zero-order valence-corrected chi connectivity index (χ0v) is 10.6. The fourth-order valence-corrected chi connectivity index (χ4v) is 1.66. The minimum atomic E-state index is -0.413. The van der Waals surface area contributed by atoms with Gasteiger partial charge < -0.3 is 15.0 Å². The monoisotopic (exact) mass is 227 g/mol. The van der Waals surface area contributed by atoms with Gasteiger partial charge in [-0.2, -0.15) is 0 Å². The van der Waals surface area contributed by atoms with Crippen molar-refractivity contribution in [1.29, 1.82) is 0 Å². The summed E-state index contributed by atoms with van der Waals surface area (Å²) in [6.07, 6.45) is 4.31. The Bertz CT molecular complexity index is 218. The van der Waals surface area contributed by atoms with Crippen LogP contribution in [0.15, 0.2) is 0 Å². The van der Waals surface area contributed by atoms with E-state index in [1.807, 2.05) is 20.8 Å². The zero-order valence-electron chi connectivity index (χ0n) is 10.6. The first-order chi connectivity index (χ1) is 7.47. The molecule has 93 valence electrons. The highest BCUT2D eigenvalue weighted by Crippen LogP contribution is 2.07. The van der Waals surface area contributed by atoms with Crippen LogP contribution in [0.5, 0.6) is 0 Å². The van der Waals surface area contributed by atoms with Crippen molar-refractivity contribution in [2.75, 3.05) is 26.2 Å². The van der Waals surface area contributed by atoms with E-state index in [2.05, 4.69) is 16.6 Å². The van der Waals surface area contributed by atoms with Crippen molar-refractivity contribution in [2.45, 2.75) is 39.2 Å². The molecule has 0 bridgehead atoms. The zero-order chi connectivity index (χ0) is 12.0. The molecular formula is C12H23N2O2. The summed E-state index contributed by atoms with van der Waals surface area (Å²) in [4.78, 5) is 13.7. The van der Waals surface area contributed by atoms with Crippen molar-refractivity contribution >= 4 is 6.09 Å². The molecule has 1 aliphatic heterocycles. The van der Waals surface area contributed by atoms with Crippen LogP contribution >= 0.6 is 0 Å². The van der Waals surface area contributed by atoms with Crippen LogP contribution in [0.4, 0.5) is 4.79 Å². The lowest BCUT2D eigenvalue weighted by Crippen LogP contribution is -2.39. The number of nitrogens with zero attached hydrogens (tertiary/aromatic N) is 1. The third kappa shape index (κ3) is 5.95. The predicted octanol–water partition coefficient (Wildman–Crippen LogP) is 1.81. The molecule has 1 radical (unpaired) electrons. The van der Waals surface area contributed by atoms with E-state index < -0.39 is 5.60 Å². The number of carbonyl (C=O) groups is 1. The molecule has 1 heterocycles. The number of rotatable bonds is 3. The van der Waals surface area contributed by atoms with Crippen molar-refractivity contribution in [3.8, 4) is 0 Å². The van der Waals surface area contributed by atoms with Gasteiger partial charge in [0.2, 0.25) is 0 Å². The third-order valence-corrected chi connectivity index (χ3v) is 2.40. The highest BCUT2D eigenvalue weighted by atomic mass is 16.6. The maximum atomic E-state index is 11.3. The number of alkyl carbamates (subject to hydrolysis) is 1. The van der Waals surface area contributed by atoms with Gasteiger partial charge in [0.05, 0.1) is 0 Å². The molecule has 4 nitrogen and oxygen atoms in total. The molecule has 0 atom stereocenters. The lowest BCUT2D eigenvalue weighted by Gasteiger charge is -2.26. The molecule has 0 unspecified atom stereocenters. The first kappa shape index (κ1) is 13.3. The molecule has 1 amide bonds. The predicted molar refractivity (Wildman–Crippen MR) is 64.2 cm³/mol. The summed E-state index contributed by atoms with van der Waals surface area (Å²) in [5, 5.41) is 2.77. The number of ether oxygens (including phenoxy) is 1. The summed E-state index contributed by atoms with van der Waals surface area (Å²) < 4.78 is 5.15. The summed E-state index contributed by atoms with van der Waals surface area (Å²) in [6.45, 7) is 9.39. The van der Waals surface area contributed by atoms with Gasteiger partial charge in [0.25, 0.3) is 0 Å². The molecule has 16 heavy (non-hydrogen) atoms. The molecule has 1 N–H and O–H groups in total. The maximum absolute atomic E-state index is 11.3. The van der Waals surface area contributed by atoms with E-state index in [0.29, 0.717) is 6.54 Å². The molecule has 1 aliphatic rings. The average molecular weight is 227 g/mol. The van der Waals surface area contributed by atoms with Crippen LogP contribution < -0.4 is 5.32 Å². The Balaban J connectivity index is 2.08. The van der Waals surface area contributed by atoms with Gasteiger partial charge in [-0.3, -0.25) is 0 Å². The highest BCUT2D eigenvalue weighted by Gasteiger charge is 2.16. The van der Waals surface area contributed by atoms with Crippen LogP contribution in [0.3, 0.4) is 0 Å². The largest absolute Gasteiger partial charge is 0.444 e. The Morgan fingerprint density at radius 1 is 1.38 bits per heavy atom. The van der Waals surface area contributed by atoms with Gasteiger partial charge in [-0.05, 0) is 53.1 Å². The number of amides is 1. The van der Waals surface area contributed by atoms with Gasteiger partial charge in [-0.1, -0.05) is 0 Å². The van der Waals surface area contributed by atoms with E-state index in [1.165, 1.54) is 0 Å². The maximum Gasteiger partial charge on any atom is 0.407 e. The van der Waals surface area contributed by atoms with Gasteiger partial charge in [-0.15, -0.1) is 0 Å². The molecular weight excluding hydrogens is 204 g/mol. The van der Waals surface area contributed by atoms with Crippen molar-refractivity contribution in [1.82, 2.24) is 10.2 Å². The van der Waals surface area contributed by atoms with Gasteiger partial charge in [0.15, 0.2) is 0 Å². The Kier molecular flexibility index (Phi) is 5.06. The number of hydrogen-bond acceptors (Lipinski definition) is 3. The van der Waals surface area contributed by atoms with E-state index in [0.717, 1.165) is 32.5 Å². The summed E-state index contributed by atoms with van der Waals surface area (Å²) in [5.41, 5.74) is -0.413. The fraction of sp³-hybridized carbons (Fsp3) is 0.833. The molecule has 0 aromatic heterocycles. The van der Waals surface area contributed by atoms with Crippen LogP contribution in [-0.2, 0) is 4.74 Å². The van der Waals surface area contributed by atoms with Gasteiger partial charge >= 0.3 is 6.09 Å². The van der Waals surface area contributed by atoms with Crippen LogP contribution in [0, 0.1) is 6.42 Å². The summed E-state index contributed by atoms with van der Waals surface area (Å²) in [6, 6.07) is 0. The standard InChI is InChI=1S/C12H23N2O2/c1-12(2,3)16-11(15)13-7-10-14-8-5-4-6-9-14/h4H,5-10H2,1-3H3,(H,13,15). The Morgan fingerprint density at radius 2 is 2.00 bits per heavy atom. The lowest BCUT2D eigenvalue weighted by atomic mass is 10.1. The fourth-order valence-electron chi connectivity index (χ4n) is 1.66. The summed E-state index contributed by atoms with van der Waals surface area (Å²) >= 11 is 0. The van der Waals surface area contributed by atoms with Crippen molar-refractivity contribution < 1.29 is 9.53 Å². The lowest BCUT2D eigenvalue weighted by molar-refractivity contribution is 0.0521. The van der Waals surface area contributed by atoms with Crippen molar-refractivity contribution in [3.63, 3.8) is 0 Å². The molecule has 0 saturated carbocycles. The van der Waals surface area contributed by atoms with Crippen LogP contribution in [0.25, 0.3) is 0 Å². The second kappa shape index (κ2) is 6.09. The Morgan fingerprint density at radius 3 is 2.56 bits per heavy atom. The van der Waals surface area contributed by atoms with Gasteiger partial charge in [-0.25, -0.2) is 4.79 Å². The SMILES string of the molecule is CC(C)(C)OC(=O)NCCN1CC[CH]CC1. The van der Waals surface area contributed by atoms with Crippen molar-refractivity contribution in [2.24, 2.45) is 0 Å². The summed E-state index contributed by atoms with van der Waals surface area (Å²) in [7, 11) is 0. The number of likely N-dealkylation sites (tertiary alicyclic amines) is 1. The van der Waals surface area contributed by atoms with E-state index in [1.54, 1.807) is 0 Å². The van der Waals surface area contributed by atoms with E-state index in [4.69, 9.17) is 4.74 Å². The number of hydrogen-bond donors (Lipinski definition) is 1. The average Bonchev–Trinajstić information content (AvgIpc) is 2.16. The highest BCUT2D eigenvalue weighted by molar-refractivity contribution is 5.67. The molecule has 0 aromatic rings. The van der Waals surface area contributed by atoms with E-state index >= 15 is 0 Å². The molecule has 1 rings (SSSR count). The first-order valence-corrected chi connectivity index (χ1v) is 5.98. The second-order valence-corrected chi connectivity index (χ2v) is 5.14. The van der Waals surface area contributed by atoms with Crippen LogP contribution in [0.1, 0.15) is 33.6 Å².